The molecule has 3 aliphatic rings. The molecule has 13 nitrogen and oxygen atoms in total. The quantitative estimate of drug-likeness (QED) is 0.139. The van der Waals surface area contributed by atoms with Crippen LogP contribution in [0.4, 0.5) is 0 Å². The van der Waals surface area contributed by atoms with Crippen molar-refractivity contribution >= 4 is 69.7 Å². The summed E-state index contributed by atoms with van der Waals surface area (Å²) in [6.07, 6.45) is 10.6. The summed E-state index contributed by atoms with van der Waals surface area (Å²) in [6.45, 7) is 3.74. The summed E-state index contributed by atoms with van der Waals surface area (Å²) in [5, 5.41) is 6.27. The van der Waals surface area contributed by atoms with Gasteiger partial charge in [0.1, 0.15) is 11.5 Å². The SMILES string of the molecule is C.C.CS(=O)(=O)c1ccc(OCC2CC2)c(B2OCCNCCO2)c1.Cn1cc(-c2cc(S(C)(=O)=O)ccc2OCC2CC2)c2ccccc2c1=O.Cn1cc(Br)c2ccccc2c1=O. The maximum Gasteiger partial charge on any atom is 0.497 e. The van der Waals surface area contributed by atoms with E-state index in [0.29, 0.717) is 66.2 Å². The van der Waals surface area contributed by atoms with Crippen LogP contribution in [0.5, 0.6) is 11.5 Å². The Balaban J connectivity index is 0.000000190. The molecule has 2 aliphatic carbocycles. The normalized spacial score (nSPS) is 15.2. The molecule has 0 atom stereocenters. The molecule has 0 radical (unpaired) electrons. The second-order valence-electron chi connectivity index (χ2n) is 16.2. The number of hydrogen-bond donors (Lipinski definition) is 1. The van der Waals surface area contributed by atoms with Crippen LogP contribution in [-0.4, -0.2) is 85.1 Å². The molecule has 6 aromatic rings. The molecule has 0 unspecified atom stereocenters. The van der Waals surface area contributed by atoms with Crippen LogP contribution in [0.2, 0.25) is 0 Å². The third-order valence-electron chi connectivity index (χ3n) is 10.9. The number of ether oxygens (including phenoxy) is 2. The first-order valence-corrected chi connectivity index (χ1v) is 25.4. The molecule has 0 amide bonds. The van der Waals surface area contributed by atoms with Gasteiger partial charge in [-0.15, -0.1) is 0 Å². The minimum Gasteiger partial charge on any atom is -0.494 e. The van der Waals surface area contributed by atoms with Crippen LogP contribution in [0.15, 0.2) is 121 Å². The number of fused-ring (bicyclic) bond motifs is 2. The average Bonchev–Trinajstić information content (AvgIpc) is 4.19. The fourth-order valence-electron chi connectivity index (χ4n) is 6.96. The molecule has 0 bridgehead atoms. The summed E-state index contributed by atoms with van der Waals surface area (Å²) in [6, 6.07) is 24.7. The Bertz CT molecular complexity index is 2960. The zero-order valence-electron chi connectivity index (χ0n) is 35.7. The lowest BCUT2D eigenvalue weighted by Crippen LogP contribution is -2.44. The summed E-state index contributed by atoms with van der Waals surface area (Å²) in [5.41, 5.74) is 2.07. The number of hydrogen-bond acceptors (Lipinski definition) is 11. The van der Waals surface area contributed by atoms with Crippen molar-refractivity contribution in [3.8, 4) is 22.6 Å². The zero-order chi connectivity index (χ0) is 44.9. The van der Waals surface area contributed by atoms with Gasteiger partial charge in [-0.1, -0.05) is 51.3 Å². The van der Waals surface area contributed by atoms with Gasteiger partial charge in [-0.2, -0.15) is 0 Å². The third-order valence-corrected chi connectivity index (χ3v) is 13.8. The lowest BCUT2D eigenvalue weighted by Gasteiger charge is -2.21. The highest BCUT2D eigenvalue weighted by Crippen LogP contribution is 2.38. The van der Waals surface area contributed by atoms with E-state index >= 15 is 0 Å². The first-order valence-electron chi connectivity index (χ1n) is 20.8. The van der Waals surface area contributed by atoms with Crippen molar-refractivity contribution in [2.75, 3.05) is 52.0 Å². The average molecular weight is 993 g/mol. The Morgan fingerprint density at radius 2 is 1.11 bits per heavy atom. The number of rotatable bonds is 10. The second kappa shape index (κ2) is 22.1. The highest BCUT2D eigenvalue weighted by Gasteiger charge is 2.30. The first-order chi connectivity index (χ1) is 30.1. The first kappa shape index (κ1) is 51.2. The largest absolute Gasteiger partial charge is 0.497 e. The summed E-state index contributed by atoms with van der Waals surface area (Å²) >= 11 is 3.42. The number of aryl methyl sites for hydroxylation is 2. The standard InChI is InChI=1S/C21H21NO4S.C15H22BNO5S.C10H8BrNO.2CH4/c1-22-12-19(16-5-3-4-6-17(16)21(22)23)18-11-15(27(2,24)25)9-10-20(18)26-13-14-7-8-14;1-23(18,19)13-4-5-15(20-11-12-2-3-12)14(10-13)16-21-8-6-17-7-9-22-16;1-12-6-9(11)7-4-2-3-5-8(7)10(12)13;;/h3-6,9-12,14H,7-8,13H2,1-2H3;4-5,10,12,17H,2-3,6-9,11H2,1H3;2-6H,1H3;2*1H4. The fourth-order valence-corrected chi connectivity index (χ4v) is 8.92. The molecule has 17 heteroatoms. The van der Waals surface area contributed by atoms with E-state index in [-0.39, 0.29) is 35.8 Å². The van der Waals surface area contributed by atoms with Crippen molar-refractivity contribution < 1.29 is 35.6 Å². The number of aromatic nitrogens is 2. The van der Waals surface area contributed by atoms with Gasteiger partial charge in [-0.25, -0.2) is 16.8 Å². The summed E-state index contributed by atoms with van der Waals surface area (Å²) < 4.78 is 75.3. The van der Waals surface area contributed by atoms with Gasteiger partial charge in [0.15, 0.2) is 19.7 Å². The summed E-state index contributed by atoms with van der Waals surface area (Å²) in [4.78, 5) is 24.6. The molecule has 9 rings (SSSR count). The Morgan fingerprint density at radius 1 is 0.646 bits per heavy atom. The number of benzene rings is 4. The Kier molecular flexibility index (Phi) is 17.4. The molecule has 348 valence electrons. The molecule has 2 aromatic heterocycles. The maximum absolute atomic E-state index is 12.5. The molecule has 1 saturated heterocycles. The molecule has 3 fully saturated rings. The van der Waals surface area contributed by atoms with E-state index in [2.05, 4.69) is 21.2 Å². The Morgan fingerprint density at radius 3 is 1.65 bits per heavy atom. The van der Waals surface area contributed by atoms with Crippen LogP contribution >= 0.6 is 15.9 Å². The van der Waals surface area contributed by atoms with Gasteiger partial charge in [0.25, 0.3) is 11.1 Å². The Labute approximate surface area is 391 Å². The van der Waals surface area contributed by atoms with E-state index in [1.54, 1.807) is 73.5 Å². The van der Waals surface area contributed by atoms with E-state index in [1.807, 2.05) is 42.5 Å². The highest BCUT2D eigenvalue weighted by molar-refractivity contribution is 9.10. The fraction of sp³-hybridized carbons (Fsp3) is 0.375. The van der Waals surface area contributed by atoms with Crippen LogP contribution in [0.3, 0.4) is 0 Å². The van der Waals surface area contributed by atoms with Crippen molar-refractivity contribution in [2.24, 2.45) is 25.9 Å². The van der Waals surface area contributed by atoms with Crippen molar-refractivity contribution in [3.05, 3.63) is 123 Å². The summed E-state index contributed by atoms with van der Waals surface area (Å²) in [7, 11) is -3.82. The van der Waals surface area contributed by atoms with Gasteiger partial charge < -0.3 is 33.2 Å². The number of nitrogens with one attached hydrogen (secondary N) is 1. The van der Waals surface area contributed by atoms with Crippen molar-refractivity contribution in [3.63, 3.8) is 0 Å². The molecule has 0 spiro atoms. The van der Waals surface area contributed by atoms with E-state index in [0.717, 1.165) is 39.3 Å². The maximum atomic E-state index is 12.5. The smallest absolute Gasteiger partial charge is 0.494 e. The van der Waals surface area contributed by atoms with Crippen molar-refractivity contribution in [1.82, 2.24) is 14.5 Å². The van der Waals surface area contributed by atoms with E-state index < -0.39 is 26.8 Å². The van der Waals surface area contributed by atoms with E-state index in [4.69, 9.17) is 18.8 Å². The number of pyridine rings is 2. The molecule has 65 heavy (non-hydrogen) atoms. The lowest BCUT2D eigenvalue weighted by molar-refractivity contribution is 0.186. The van der Waals surface area contributed by atoms with Gasteiger partial charge in [0.2, 0.25) is 0 Å². The lowest BCUT2D eigenvalue weighted by atomic mass is 9.78. The molecule has 4 aromatic carbocycles. The molecule has 1 aliphatic heterocycles. The van der Waals surface area contributed by atoms with Gasteiger partial charge in [-0.05, 0) is 107 Å². The van der Waals surface area contributed by atoms with Crippen LogP contribution in [0.1, 0.15) is 40.5 Å². The Hall–Kier alpha value is -4.78. The minimum atomic E-state index is -3.36. The van der Waals surface area contributed by atoms with Crippen LogP contribution in [0, 0.1) is 11.8 Å². The third kappa shape index (κ3) is 13.2. The number of sulfone groups is 2. The molecule has 1 N–H and O–H groups in total. The van der Waals surface area contributed by atoms with E-state index in [1.165, 1.54) is 42.8 Å². The predicted octanol–water partition coefficient (Wildman–Crippen LogP) is 7.18. The molecular weight excluding hydrogens is 933 g/mol. The van der Waals surface area contributed by atoms with Crippen molar-refractivity contribution in [2.45, 2.75) is 50.3 Å². The van der Waals surface area contributed by atoms with Crippen LogP contribution < -0.4 is 31.4 Å². The topological polar surface area (TPSA) is 161 Å². The van der Waals surface area contributed by atoms with Gasteiger partial charge >= 0.3 is 7.12 Å². The van der Waals surface area contributed by atoms with Gasteiger partial charge in [0.05, 0.1) is 23.0 Å². The zero-order valence-corrected chi connectivity index (χ0v) is 38.9. The monoisotopic (exact) mass is 991 g/mol. The van der Waals surface area contributed by atoms with Gasteiger partial charge in [0, 0.05) is 103 Å². The molecule has 2 saturated carbocycles. The number of halogens is 1. The van der Waals surface area contributed by atoms with E-state index in [9.17, 15) is 26.4 Å². The summed E-state index contributed by atoms with van der Waals surface area (Å²) in [5.74, 6) is 2.46. The second-order valence-corrected chi connectivity index (χ2v) is 21.1. The molecular formula is C48H59BBrN3O10S2. The highest BCUT2D eigenvalue weighted by atomic mass is 79.9. The number of nitrogens with zero attached hydrogens (tertiary/aromatic N) is 2. The van der Waals surface area contributed by atoms with Crippen LogP contribution in [0.25, 0.3) is 32.7 Å². The van der Waals surface area contributed by atoms with Crippen molar-refractivity contribution in [1.29, 1.82) is 0 Å². The minimum absolute atomic E-state index is 0. The predicted molar refractivity (Wildman–Crippen MR) is 264 cm³/mol. The van der Waals surface area contributed by atoms with Gasteiger partial charge in [-0.3, -0.25) is 9.59 Å². The van der Waals surface area contributed by atoms with Crippen LogP contribution in [-0.2, 0) is 43.1 Å². The molecule has 3 heterocycles.